The van der Waals surface area contributed by atoms with Gasteiger partial charge in [-0.15, -0.1) is 0 Å². The summed E-state index contributed by atoms with van der Waals surface area (Å²) in [5.74, 6) is 0.549. The van der Waals surface area contributed by atoms with Gasteiger partial charge < -0.3 is 10.9 Å². The number of nitrogens with zero attached hydrogens (tertiary/aromatic N) is 2. The first-order valence-corrected chi connectivity index (χ1v) is 2.23. The Morgan fingerprint density at radius 1 is 1.40 bits per heavy atom. The Kier molecular flexibility index (Phi) is 7.53. The first-order valence-electron chi connectivity index (χ1n) is 2.23. The first-order chi connectivity index (χ1) is 3.93. The van der Waals surface area contributed by atoms with Crippen LogP contribution >= 0.6 is 13.5 Å². The molecule has 4 nitrogen and oxygen atoms in total. The van der Waals surface area contributed by atoms with Crippen LogP contribution in [0.25, 0.3) is 0 Å². The van der Waals surface area contributed by atoms with Crippen LogP contribution in [0.1, 0.15) is 0 Å². The molecular weight excluding hydrogens is 150 g/mol. The van der Waals surface area contributed by atoms with Gasteiger partial charge in [-0.1, -0.05) is 0 Å². The van der Waals surface area contributed by atoms with Crippen LogP contribution in [-0.2, 0) is 0 Å². The summed E-state index contributed by atoms with van der Waals surface area (Å²) in [4.78, 5) is 7.58. The van der Waals surface area contributed by atoms with E-state index >= 15 is 0 Å². The highest BCUT2D eigenvalue weighted by Crippen LogP contribution is 1.96. The molecule has 0 amide bonds. The van der Waals surface area contributed by atoms with E-state index in [4.69, 9.17) is 4.74 Å². The normalized spacial score (nSPS) is 6.90. The SMILES string of the molecule is COc1cnccn1.N.S. The lowest BCUT2D eigenvalue weighted by molar-refractivity contribution is 0.395. The predicted octanol–water partition coefficient (Wildman–Crippen LogP) is 0.760. The second kappa shape index (κ2) is 6.31. The van der Waals surface area contributed by atoms with E-state index < -0.39 is 0 Å². The van der Waals surface area contributed by atoms with Gasteiger partial charge >= 0.3 is 0 Å². The van der Waals surface area contributed by atoms with Crippen LogP contribution in [0.4, 0.5) is 0 Å². The molecule has 0 radical (unpaired) electrons. The minimum absolute atomic E-state index is 0. The Morgan fingerprint density at radius 3 is 2.40 bits per heavy atom. The molecule has 0 bridgehead atoms. The number of ether oxygens (including phenoxy) is 1. The zero-order valence-corrected chi connectivity index (χ0v) is 6.74. The van der Waals surface area contributed by atoms with Crippen molar-refractivity contribution in [2.24, 2.45) is 0 Å². The van der Waals surface area contributed by atoms with E-state index in [1.807, 2.05) is 0 Å². The van der Waals surface area contributed by atoms with E-state index in [0.717, 1.165) is 0 Å². The van der Waals surface area contributed by atoms with Crippen molar-refractivity contribution in [3.63, 3.8) is 0 Å². The van der Waals surface area contributed by atoms with Crippen LogP contribution < -0.4 is 10.9 Å². The number of methoxy groups -OCH3 is 1. The Morgan fingerprint density at radius 2 is 2.10 bits per heavy atom. The molecule has 1 aromatic heterocycles. The lowest BCUT2D eigenvalue weighted by atomic mass is 10.7. The van der Waals surface area contributed by atoms with Crippen LogP contribution in [0, 0.1) is 0 Å². The molecule has 5 heteroatoms. The van der Waals surface area contributed by atoms with Gasteiger partial charge in [-0.25, -0.2) is 4.98 Å². The van der Waals surface area contributed by atoms with Gasteiger partial charge in [-0.3, -0.25) is 4.98 Å². The van der Waals surface area contributed by atoms with Crippen molar-refractivity contribution in [3.8, 4) is 5.88 Å². The maximum Gasteiger partial charge on any atom is 0.231 e. The first kappa shape index (κ1) is 11.9. The summed E-state index contributed by atoms with van der Waals surface area (Å²) in [5.41, 5.74) is 0. The summed E-state index contributed by atoms with van der Waals surface area (Å²) in [5, 5.41) is 0. The summed E-state index contributed by atoms with van der Waals surface area (Å²) in [6.45, 7) is 0. The van der Waals surface area contributed by atoms with Crippen LogP contribution in [0.15, 0.2) is 18.6 Å². The molecule has 0 aliphatic heterocycles. The van der Waals surface area contributed by atoms with Crippen molar-refractivity contribution in [2.45, 2.75) is 0 Å². The van der Waals surface area contributed by atoms with E-state index in [1.54, 1.807) is 25.7 Å². The summed E-state index contributed by atoms with van der Waals surface area (Å²) in [6.07, 6.45) is 4.74. The molecular formula is C5H11N3OS. The minimum atomic E-state index is 0. The molecule has 0 saturated carbocycles. The number of hydrogen-bond donors (Lipinski definition) is 1. The van der Waals surface area contributed by atoms with Gasteiger partial charge in [0.2, 0.25) is 5.88 Å². The molecule has 1 aromatic rings. The average molecular weight is 161 g/mol. The standard InChI is InChI=1S/C5H6N2O.H3N.H2S/c1-8-5-4-6-2-3-7-5;;/h2-4H,1H3;1H3;1H2. The molecule has 0 aromatic carbocycles. The monoisotopic (exact) mass is 161 g/mol. The largest absolute Gasteiger partial charge is 0.480 e. The van der Waals surface area contributed by atoms with Gasteiger partial charge in [0.05, 0.1) is 13.3 Å². The van der Waals surface area contributed by atoms with Gasteiger partial charge in [0.1, 0.15) is 0 Å². The van der Waals surface area contributed by atoms with E-state index in [9.17, 15) is 0 Å². The molecule has 0 aliphatic carbocycles. The third kappa shape index (κ3) is 3.26. The van der Waals surface area contributed by atoms with Gasteiger partial charge in [0, 0.05) is 12.4 Å². The third-order valence-electron chi connectivity index (χ3n) is 0.749. The molecule has 0 unspecified atom stereocenters. The van der Waals surface area contributed by atoms with Gasteiger partial charge in [-0.2, -0.15) is 13.5 Å². The fourth-order valence-corrected chi connectivity index (χ4v) is 0.391. The lowest BCUT2D eigenvalue weighted by Gasteiger charge is -1.91. The molecule has 0 fully saturated rings. The number of rotatable bonds is 1. The molecule has 58 valence electrons. The van der Waals surface area contributed by atoms with Gasteiger partial charge in [-0.05, 0) is 0 Å². The molecule has 0 aliphatic rings. The highest BCUT2D eigenvalue weighted by molar-refractivity contribution is 7.59. The van der Waals surface area contributed by atoms with Crippen molar-refractivity contribution in [1.82, 2.24) is 16.1 Å². The Hall–Kier alpha value is -0.810. The summed E-state index contributed by atoms with van der Waals surface area (Å²) >= 11 is 0. The molecule has 0 spiro atoms. The second-order valence-electron chi connectivity index (χ2n) is 1.25. The molecule has 1 heterocycles. The van der Waals surface area contributed by atoms with Crippen molar-refractivity contribution in [3.05, 3.63) is 18.6 Å². The van der Waals surface area contributed by atoms with Crippen molar-refractivity contribution in [1.29, 1.82) is 0 Å². The molecule has 1 rings (SSSR count). The van der Waals surface area contributed by atoms with E-state index in [-0.39, 0.29) is 19.6 Å². The molecule has 0 saturated heterocycles. The third-order valence-corrected chi connectivity index (χ3v) is 0.749. The van der Waals surface area contributed by atoms with Crippen LogP contribution in [0.3, 0.4) is 0 Å². The van der Waals surface area contributed by atoms with Gasteiger partial charge in [0.15, 0.2) is 0 Å². The van der Waals surface area contributed by atoms with Crippen LogP contribution in [0.2, 0.25) is 0 Å². The minimum Gasteiger partial charge on any atom is -0.480 e. The van der Waals surface area contributed by atoms with Gasteiger partial charge in [0.25, 0.3) is 0 Å². The predicted molar refractivity (Wildman–Crippen MR) is 44.0 cm³/mol. The Bertz CT molecular complexity index is 158. The topological polar surface area (TPSA) is 70.0 Å². The smallest absolute Gasteiger partial charge is 0.231 e. The average Bonchev–Trinajstić information content (AvgIpc) is 1.90. The van der Waals surface area contributed by atoms with E-state index in [1.165, 1.54) is 0 Å². The Labute approximate surface area is 66.7 Å². The summed E-state index contributed by atoms with van der Waals surface area (Å²) < 4.78 is 4.74. The summed E-state index contributed by atoms with van der Waals surface area (Å²) in [6, 6.07) is 0. The van der Waals surface area contributed by atoms with Crippen molar-refractivity contribution in [2.75, 3.05) is 7.11 Å². The van der Waals surface area contributed by atoms with Crippen LogP contribution in [-0.4, -0.2) is 17.1 Å². The Balaban J connectivity index is 0. The number of hydrogen-bond acceptors (Lipinski definition) is 4. The molecule has 10 heavy (non-hydrogen) atoms. The zero-order valence-electron chi connectivity index (χ0n) is 5.74. The summed E-state index contributed by atoms with van der Waals surface area (Å²) in [7, 11) is 1.56. The van der Waals surface area contributed by atoms with E-state index in [0.29, 0.717) is 5.88 Å². The molecule has 3 N–H and O–H groups in total. The fraction of sp³-hybridized carbons (Fsp3) is 0.200. The lowest BCUT2D eigenvalue weighted by Crippen LogP contribution is -1.85. The highest BCUT2D eigenvalue weighted by atomic mass is 32.1. The fourth-order valence-electron chi connectivity index (χ4n) is 0.391. The van der Waals surface area contributed by atoms with E-state index in [2.05, 4.69) is 9.97 Å². The maximum absolute atomic E-state index is 4.74. The second-order valence-corrected chi connectivity index (χ2v) is 1.25. The highest BCUT2D eigenvalue weighted by Gasteiger charge is 1.83. The molecule has 0 atom stereocenters. The maximum atomic E-state index is 4.74. The zero-order chi connectivity index (χ0) is 5.82. The van der Waals surface area contributed by atoms with Crippen molar-refractivity contribution < 1.29 is 4.74 Å². The van der Waals surface area contributed by atoms with Crippen LogP contribution in [0.5, 0.6) is 5.88 Å². The van der Waals surface area contributed by atoms with Crippen molar-refractivity contribution >= 4 is 13.5 Å². The quantitative estimate of drug-likeness (QED) is 0.660. The number of aromatic nitrogens is 2.